The summed E-state index contributed by atoms with van der Waals surface area (Å²) < 4.78 is 9.45. The summed E-state index contributed by atoms with van der Waals surface area (Å²) in [6.45, 7) is 5.68. The van der Waals surface area contributed by atoms with E-state index in [1.54, 1.807) is 18.3 Å². The number of benzene rings is 1. The van der Waals surface area contributed by atoms with Crippen LogP contribution in [0.1, 0.15) is 35.5 Å². The zero-order valence-electron chi connectivity index (χ0n) is 15.3. The number of aromatic nitrogens is 4. The zero-order valence-corrected chi connectivity index (χ0v) is 15.3. The first-order valence-corrected chi connectivity index (χ1v) is 8.97. The number of hydrogen-bond acceptors (Lipinski definition) is 4. The predicted octanol–water partition coefficient (Wildman–Crippen LogP) is 3.84. The molecule has 0 bridgehead atoms. The highest BCUT2D eigenvalue weighted by Gasteiger charge is 2.14. The highest BCUT2D eigenvalue weighted by molar-refractivity contribution is 6.03. The molecule has 7 nitrogen and oxygen atoms in total. The van der Waals surface area contributed by atoms with E-state index in [1.165, 1.54) is 6.26 Å². The average molecular weight is 363 g/mol. The fraction of sp³-hybridized carbons (Fsp3) is 0.250. The summed E-state index contributed by atoms with van der Waals surface area (Å²) in [7, 11) is 0. The standard InChI is InChI=1S/C20H21N5O2/c1-3-9-25-17-7-6-15(22-20(26)18-5-4-11-27-18)12-16(17)23-19(25)13-24-10-8-21-14(24)2/h4-8,10-12H,3,9,13H2,1-2H3,(H,22,26). The second-order valence-corrected chi connectivity index (χ2v) is 6.42. The topological polar surface area (TPSA) is 77.9 Å². The minimum Gasteiger partial charge on any atom is -0.459 e. The number of amides is 1. The number of rotatable bonds is 6. The van der Waals surface area contributed by atoms with Gasteiger partial charge in [-0.2, -0.15) is 0 Å². The van der Waals surface area contributed by atoms with Crippen LogP contribution in [0.25, 0.3) is 11.0 Å². The molecule has 0 saturated carbocycles. The molecule has 7 heteroatoms. The van der Waals surface area contributed by atoms with Gasteiger partial charge in [-0.05, 0) is 43.7 Å². The lowest BCUT2D eigenvalue weighted by atomic mass is 10.2. The smallest absolute Gasteiger partial charge is 0.291 e. The van der Waals surface area contributed by atoms with E-state index in [4.69, 9.17) is 9.40 Å². The van der Waals surface area contributed by atoms with Gasteiger partial charge in [-0.15, -0.1) is 0 Å². The molecule has 4 aromatic rings. The summed E-state index contributed by atoms with van der Waals surface area (Å²) in [6.07, 6.45) is 6.25. The zero-order chi connectivity index (χ0) is 18.8. The number of aryl methyl sites for hydroxylation is 2. The molecule has 3 aromatic heterocycles. The summed E-state index contributed by atoms with van der Waals surface area (Å²) in [5.41, 5.74) is 2.60. The maximum atomic E-state index is 12.2. The quantitative estimate of drug-likeness (QED) is 0.564. The number of imidazole rings is 2. The Kier molecular flexibility index (Phi) is 4.50. The van der Waals surface area contributed by atoms with E-state index in [2.05, 4.69) is 26.4 Å². The number of carbonyl (C=O) groups excluding carboxylic acids is 1. The van der Waals surface area contributed by atoms with Gasteiger partial charge in [-0.3, -0.25) is 4.79 Å². The maximum Gasteiger partial charge on any atom is 0.291 e. The second kappa shape index (κ2) is 7.11. The van der Waals surface area contributed by atoms with Gasteiger partial charge in [0.1, 0.15) is 11.6 Å². The lowest BCUT2D eigenvalue weighted by Crippen LogP contribution is -2.10. The Morgan fingerprint density at radius 1 is 1.30 bits per heavy atom. The van der Waals surface area contributed by atoms with E-state index in [-0.39, 0.29) is 11.7 Å². The van der Waals surface area contributed by atoms with Crippen LogP contribution < -0.4 is 5.32 Å². The van der Waals surface area contributed by atoms with Crippen molar-refractivity contribution in [3.63, 3.8) is 0 Å². The number of furan rings is 1. The molecule has 1 aromatic carbocycles. The first-order valence-electron chi connectivity index (χ1n) is 8.97. The van der Waals surface area contributed by atoms with Crippen LogP contribution in [0.4, 0.5) is 5.69 Å². The Labute approximate surface area is 156 Å². The van der Waals surface area contributed by atoms with Crippen molar-refractivity contribution < 1.29 is 9.21 Å². The van der Waals surface area contributed by atoms with Crippen molar-refractivity contribution in [2.24, 2.45) is 0 Å². The van der Waals surface area contributed by atoms with E-state index >= 15 is 0 Å². The molecule has 1 amide bonds. The first kappa shape index (κ1) is 17.1. The third kappa shape index (κ3) is 3.36. The molecular formula is C20H21N5O2. The summed E-state index contributed by atoms with van der Waals surface area (Å²) in [5, 5.41) is 2.85. The highest BCUT2D eigenvalue weighted by Crippen LogP contribution is 2.22. The second-order valence-electron chi connectivity index (χ2n) is 6.42. The van der Waals surface area contributed by atoms with E-state index in [0.29, 0.717) is 12.2 Å². The molecule has 0 aliphatic carbocycles. The molecule has 0 atom stereocenters. The van der Waals surface area contributed by atoms with Gasteiger partial charge >= 0.3 is 0 Å². The van der Waals surface area contributed by atoms with Crippen molar-refractivity contribution in [3.05, 3.63) is 66.4 Å². The van der Waals surface area contributed by atoms with E-state index in [1.807, 2.05) is 31.3 Å². The molecule has 1 N–H and O–H groups in total. The van der Waals surface area contributed by atoms with Crippen LogP contribution in [-0.2, 0) is 13.1 Å². The summed E-state index contributed by atoms with van der Waals surface area (Å²) in [4.78, 5) is 21.3. The van der Waals surface area contributed by atoms with Gasteiger partial charge in [0.2, 0.25) is 0 Å². The van der Waals surface area contributed by atoms with Crippen molar-refractivity contribution >= 4 is 22.6 Å². The Hall–Kier alpha value is -3.35. The van der Waals surface area contributed by atoms with Gasteiger partial charge in [0.25, 0.3) is 5.91 Å². The van der Waals surface area contributed by atoms with Gasteiger partial charge in [-0.25, -0.2) is 9.97 Å². The van der Waals surface area contributed by atoms with Crippen LogP contribution in [0.5, 0.6) is 0 Å². The first-order chi connectivity index (χ1) is 13.2. The fourth-order valence-electron chi connectivity index (χ4n) is 3.17. The van der Waals surface area contributed by atoms with E-state index in [0.717, 1.165) is 35.6 Å². The van der Waals surface area contributed by atoms with Crippen LogP contribution in [-0.4, -0.2) is 25.0 Å². The molecule has 0 aliphatic heterocycles. The fourth-order valence-corrected chi connectivity index (χ4v) is 3.17. The summed E-state index contributed by atoms with van der Waals surface area (Å²) in [5.74, 6) is 1.93. The third-order valence-electron chi connectivity index (χ3n) is 4.51. The Bertz CT molecular complexity index is 1080. The molecular weight excluding hydrogens is 342 g/mol. The minimum atomic E-state index is -0.276. The van der Waals surface area contributed by atoms with Crippen molar-refractivity contribution in [1.82, 2.24) is 19.1 Å². The Morgan fingerprint density at radius 3 is 2.89 bits per heavy atom. The van der Waals surface area contributed by atoms with Crippen molar-refractivity contribution in [1.29, 1.82) is 0 Å². The summed E-state index contributed by atoms with van der Waals surface area (Å²) in [6, 6.07) is 9.11. The minimum absolute atomic E-state index is 0.276. The molecule has 3 heterocycles. The van der Waals surface area contributed by atoms with Crippen LogP contribution in [0.2, 0.25) is 0 Å². The molecule has 27 heavy (non-hydrogen) atoms. The predicted molar refractivity (Wildman–Crippen MR) is 103 cm³/mol. The largest absolute Gasteiger partial charge is 0.459 e. The van der Waals surface area contributed by atoms with Crippen molar-refractivity contribution in [2.45, 2.75) is 33.4 Å². The van der Waals surface area contributed by atoms with Gasteiger partial charge in [0.05, 0.1) is 23.8 Å². The molecule has 0 fully saturated rings. The number of carbonyl (C=O) groups is 1. The van der Waals surface area contributed by atoms with Crippen LogP contribution in [0.15, 0.2) is 53.4 Å². The molecule has 0 spiro atoms. The molecule has 0 saturated heterocycles. The average Bonchev–Trinajstić information content (AvgIpc) is 3.38. The van der Waals surface area contributed by atoms with Gasteiger partial charge in [-0.1, -0.05) is 6.92 Å². The van der Waals surface area contributed by atoms with E-state index in [9.17, 15) is 4.79 Å². The van der Waals surface area contributed by atoms with Gasteiger partial charge in [0, 0.05) is 24.6 Å². The maximum absolute atomic E-state index is 12.2. The Morgan fingerprint density at radius 2 is 2.19 bits per heavy atom. The lowest BCUT2D eigenvalue weighted by Gasteiger charge is -2.09. The van der Waals surface area contributed by atoms with Crippen LogP contribution in [0, 0.1) is 6.92 Å². The Balaban J connectivity index is 1.67. The van der Waals surface area contributed by atoms with Gasteiger partial charge < -0.3 is 18.9 Å². The molecule has 0 radical (unpaired) electrons. The van der Waals surface area contributed by atoms with E-state index < -0.39 is 0 Å². The third-order valence-corrected chi connectivity index (χ3v) is 4.51. The molecule has 4 rings (SSSR count). The molecule has 0 unspecified atom stereocenters. The number of hydrogen-bond donors (Lipinski definition) is 1. The number of nitrogens with one attached hydrogen (secondary N) is 1. The number of fused-ring (bicyclic) bond motifs is 1. The highest BCUT2D eigenvalue weighted by atomic mass is 16.3. The molecule has 138 valence electrons. The number of anilines is 1. The number of nitrogens with zero attached hydrogens (tertiary/aromatic N) is 4. The molecule has 0 aliphatic rings. The SMILES string of the molecule is CCCn1c(Cn2ccnc2C)nc2cc(NC(=O)c3ccco3)ccc21. The van der Waals surface area contributed by atoms with Gasteiger partial charge in [0.15, 0.2) is 5.76 Å². The van der Waals surface area contributed by atoms with Crippen LogP contribution >= 0.6 is 0 Å². The normalized spacial score (nSPS) is 11.2. The lowest BCUT2D eigenvalue weighted by molar-refractivity contribution is 0.0996. The van der Waals surface area contributed by atoms with Crippen molar-refractivity contribution in [3.8, 4) is 0 Å². The summed E-state index contributed by atoms with van der Waals surface area (Å²) >= 11 is 0. The van der Waals surface area contributed by atoms with Crippen molar-refractivity contribution in [2.75, 3.05) is 5.32 Å². The van der Waals surface area contributed by atoms with Crippen LogP contribution in [0.3, 0.4) is 0 Å². The monoisotopic (exact) mass is 363 g/mol.